The molecule has 0 spiro atoms. The molecule has 2 heterocycles. The second-order valence-electron chi connectivity index (χ2n) is 3.37. The van der Waals surface area contributed by atoms with Gasteiger partial charge in [0.25, 0.3) is 0 Å². The van der Waals surface area contributed by atoms with Crippen molar-refractivity contribution in [3.63, 3.8) is 0 Å². The summed E-state index contributed by atoms with van der Waals surface area (Å²) < 4.78 is 23.8. The largest absolute Gasteiger partial charge is 0.313 e. The van der Waals surface area contributed by atoms with Gasteiger partial charge < -0.3 is 5.32 Å². The number of hydrogen-bond acceptors (Lipinski definition) is 5. The molecule has 1 aliphatic rings. The molecule has 1 aromatic rings. The van der Waals surface area contributed by atoms with Gasteiger partial charge in [-0.2, -0.15) is 0 Å². The fraction of sp³-hybridized carbons (Fsp3) is 0.625. The van der Waals surface area contributed by atoms with Crippen LogP contribution in [0.25, 0.3) is 0 Å². The van der Waals surface area contributed by atoms with Gasteiger partial charge >= 0.3 is 0 Å². The van der Waals surface area contributed by atoms with Crippen molar-refractivity contribution in [3.8, 4) is 0 Å². The van der Waals surface area contributed by atoms with E-state index in [0.29, 0.717) is 0 Å². The molecule has 1 aliphatic heterocycles. The number of aromatic nitrogens is 1. The van der Waals surface area contributed by atoms with Gasteiger partial charge in [0.1, 0.15) is 0 Å². The van der Waals surface area contributed by atoms with Crippen LogP contribution in [0.15, 0.2) is 15.9 Å². The van der Waals surface area contributed by atoms with Crippen molar-refractivity contribution in [2.24, 2.45) is 0 Å². The number of sulfone groups is 1. The zero-order chi connectivity index (χ0) is 10.0. The number of nitrogens with one attached hydrogen (secondary N) is 1. The second kappa shape index (κ2) is 3.96. The molecule has 1 aromatic heterocycles. The third-order valence-corrected chi connectivity index (χ3v) is 5.35. The molecule has 1 N–H and O–H groups in total. The standard InChI is InChI=1S/C8H12N2O2S2/c11-14(12,8-10-4-5-13-8)6-7-2-1-3-9-7/h4-5,7,9H,1-3,6H2/t7-/m1/s1. The summed E-state index contributed by atoms with van der Waals surface area (Å²) in [6, 6.07) is 0.115. The Kier molecular flexibility index (Phi) is 2.85. The van der Waals surface area contributed by atoms with Crippen molar-refractivity contribution in [2.45, 2.75) is 23.2 Å². The fourth-order valence-electron chi connectivity index (χ4n) is 1.60. The summed E-state index contributed by atoms with van der Waals surface area (Å²) in [6.45, 7) is 0.929. The molecule has 0 amide bonds. The molecule has 0 saturated carbocycles. The van der Waals surface area contributed by atoms with Gasteiger partial charge in [0.05, 0.1) is 5.75 Å². The van der Waals surface area contributed by atoms with Crippen molar-refractivity contribution in [3.05, 3.63) is 11.6 Å². The molecule has 0 unspecified atom stereocenters. The summed E-state index contributed by atoms with van der Waals surface area (Å²) in [7, 11) is -3.16. The molecule has 78 valence electrons. The SMILES string of the molecule is O=S(=O)(C[C@H]1CCCN1)c1nccs1. The minimum absolute atomic E-state index is 0.115. The normalized spacial score (nSPS) is 22.7. The summed E-state index contributed by atoms with van der Waals surface area (Å²) in [5.41, 5.74) is 0. The number of thiazole rings is 1. The molecular weight excluding hydrogens is 220 g/mol. The van der Waals surface area contributed by atoms with Gasteiger partial charge in [-0.1, -0.05) is 0 Å². The first kappa shape index (κ1) is 10.1. The van der Waals surface area contributed by atoms with Crippen LogP contribution in [0.5, 0.6) is 0 Å². The highest BCUT2D eigenvalue weighted by Crippen LogP contribution is 2.17. The van der Waals surface area contributed by atoms with Crippen LogP contribution in [-0.4, -0.2) is 31.7 Å². The minimum atomic E-state index is -3.16. The zero-order valence-electron chi connectivity index (χ0n) is 7.64. The maximum atomic E-state index is 11.8. The number of hydrogen-bond donors (Lipinski definition) is 1. The van der Waals surface area contributed by atoms with E-state index in [0.717, 1.165) is 19.4 Å². The maximum absolute atomic E-state index is 11.8. The van der Waals surface area contributed by atoms with E-state index in [9.17, 15) is 8.42 Å². The molecule has 1 fully saturated rings. The predicted octanol–water partition coefficient (Wildman–Crippen LogP) is 0.669. The Morgan fingerprint density at radius 1 is 1.64 bits per heavy atom. The maximum Gasteiger partial charge on any atom is 0.209 e. The minimum Gasteiger partial charge on any atom is -0.313 e. The van der Waals surface area contributed by atoms with Crippen LogP contribution in [0.3, 0.4) is 0 Å². The van der Waals surface area contributed by atoms with Crippen LogP contribution >= 0.6 is 11.3 Å². The van der Waals surface area contributed by atoms with Crippen molar-refractivity contribution >= 4 is 21.2 Å². The Hall–Kier alpha value is -0.460. The van der Waals surface area contributed by atoms with Crippen LogP contribution in [0.2, 0.25) is 0 Å². The van der Waals surface area contributed by atoms with Crippen LogP contribution < -0.4 is 5.32 Å². The molecule has 2 rings (SSSR count). The smallest absolute Gasteiger partial charge is 0.209 e. The summed E-state index contributed by atoms with van der Waals surface area (Å²) >= 11 is 1.19. The number of nitrogens with zero attached hydrogens (tertiary/aromatic N) is 1. The highest BCUT2D eigenvalue weighted by atomic mass is 32.2. The lowest BCUT2D eigenvalue weighted by Crippen LogP contribution is -2.29. The quantitative estimate of drug-likeness (QED) is 0.832. The number of rotatable bonds is 3. The Morgan fingerprint density at radius 3 is 3.07 bits per heavy atom. The van der Waals surface area contributed by atoms with Gasteiger partial charge in [-0.25, -0.2) is 13.4 Å². The molecule has 0 aliphatic carbocycles. The lowest BCUT2D eigenvalue weighted by Gasteiger charge is -2.08. The fourth-order valence-corrected chi connectivity index (χ4v) is 4.09. The molecule has 1 atom stereocenters. The third-order valence-electron chi connectivity index (χ3n) is 2.26. The van der Waals surface area contributed by atoms with Gasteiger partial charge in [-0.05, 0) is 19.4 Å². The molecule has 0 aromatic carbocycles. The molecule has 6 heteroatoms. The van der Waals surface area contributed by atoms with Crippen LogP contribution in [-0.2, 0) is 9.84 Å². The Labute approximate surface area is 87.3 Å². The first-order valence-corrected chi connectivity index (χ1v) is 7.07. The highest BCUT2D eigenvalue weighted by molar-refractivity contribution is 7.93. The van der Waals surface area contributed by atoms with Crippen LogP contribution in [0, 0.1) is 0 Å². The van der Waals surface area contributed by atoms with Crippen molar-refractivity contribution in [1.29, 1.82) is 0 Å². The van der Waals surface area contributed by atoms with Crippen LogP contribution in [0.1, 0.15) is 12.8 Å². The van der Waals surface area contributed by atoms with Crippen molar-refractivity contribution in [1.82, 2.24) is 10.3 Å². The zero-order valence-corrected chi connectivity index (χ0v) is 9.27. The van der Waals surface area contributed by atoms with Gasteiger partial charge in [0.2, 0.25) is 14.2 Å². The average molecular weight is 232 g/mol. The van der Waals surface area contributed by atoms with E-state index in [-0.39, 0.29) is 16.1 Å². The molecule has 0 radical (unpaired) electrons. The van der Waals surface area contributed by atoms with Crippen molar-refractivity contribution < 1.29 is 8.42 Å². The van der Waals surface area contributed by atoms with Gasteiger partial charge in [0, 0.05) is 17.6 Å². The van der Waals surface area contributed by atoms with E-state index in [4.69, 9.17) is 0 Å². The predicted molar refractivity (Wildman–Crippen MR) is 55.2 cm³/mol. The summed E-state index contributed by atoms with van der Waals surface area (Å²) in [5.74, 6) is 0.181. The van der Waals surface area contributed by atoms with Gasteiger partial charge in [0.15, 0.2) is 0 Å². The third kappa shape index (κ3) is 2.13. The highest BCUT2D eigenvalue weighted by Gasteiger charge is 2.25. The lowest BCUT2D eigenvalue weighted by atomic mass is 10.3. The first-order valence-electron chi connectivity index (χ1n) is 4.54. The summed E-state index contributed by atoms with van der Waals surface area (Å²) in [5, 5.41) is 4.86. The monoisotopic (exact) mass is 232 g/mol. The topological polar surface area (TPSA) is 59.1 Å². The van der Waals surface area contributed by atoms with Crippen molar-refractivity contribution in [2.75, 3.05) is 12.3 Å². The van der Waals surface area contributed by atoms with E-state index in [1.165, 1.54) is 17.5 Å². The first-order chi connectivity index (χ1) is 6.68. The lowest BCUT2D eigenvalue weighted by molar-refractivity contribution is 0.576. The van der Waals surface area contributed by atoms with E-state index >= 15 is 0 Å². The molecule has 4 nitrogen and oxygen atoms in total. The van der Waals surface area contributed by atoms with E-state index < -0.39 is 9.84 Å². The molecule has 1 saturated heterocycles. The average Bonchev–Trinajstić information content (AvgIpc) is 2.71. The van der Waals surface area contributed by atoms with Crippen LogP contribution in [0.4, 0.5) is 0 Å². The van der Waals surface area contributed by atoms with Gasteiger partial charge in [-0.3, -0.25) is 0 Å². The molecule has 14 heavy (non-hydrogen) atoms. The Morgan fingerprint density at radius 2 is 2.50 bits per heavy atom. The van der Waals surface area contributed by atoms with E-state index in [2.05, 4.69) is 10.3 Å². The van der Waals surface area contributed by atoms with E-state index in [1.807, 2.05) is 0 Å². The summed E-state index contributed by atoms with van der Waals surface area (Å²) in [4.78, 5) is 3.83. The summed E-state index contributed by atoms with van der Waals surface area (Å²) in [6.07, 6.45) is 3.54. The Bertz CT molecular complexity index is 379. The molecular formula is C8H12N2O2S2. The molecule has 0 bridgehead atoms. The van der Waals surface area contributed by atoms with Gasteiger partial charge in [-0.15, -0.1) is 11.3 Å². The second-order valence-corrected chi connectivity index (χ2v) is 6.48. The van der Waals surface area contributed by atoms with E-state index in [1.54, 1.807) is 5.38 Å². The Balaban J connectivity index is 2.09.